The van der Waals surface area contributed by atoms with Crippen LogP contribution >= 0.6 is 0 Å². The third kappa shape index (κ3) is 3.56. The van der Waals surface area contributed by atoms with Gasteiger partial charge in [-0.2, -0.15) is 0 Å². The van der Waals surface area contributed by atoms with Crippen molar-refractivity contribution in [3.8, 4) is 5.75 Å². The van der Waals surface area contributed by atoms with Crippen molar-refractivity contribution < 1.29 is 22.3 Å². The van der Waals surface area contributed by atoms with E-state index in [-0.39, 0.29) is 22.2 Å². The minimum Gasteiger partial charge on any atom is -0.478 e. The number of carbonyl (C=O) groups excluding carboxylic acids is 1. The van der Waals surface area contributed by atoms with Crippen molar-refractivity contribution in [3.05, 3.63) is 59.9 Å². The Kier molecular flexibility index (Phi) is 4.53. The van der Waals surface area contributed by atoms with Crippen molar-refractivity contribution in [2.45, 2.75) is 17.4 Å². The van der Waals surface area contributed by atoms with Crippen LogP contribution in [0.25, 0.3) is 0 Å². The Morgan fingerprint density at radius 3 is 2.62 bits per heavy atom. The van der Waals surface area contributed by atoms with Gasteiger partial charge in [-0.05, 0) is 36.2 Å². The zero-order chi connectivity index (χ0) is 17.2. The lowest BCUT2D eigenvalue weighted by Crippen LogP contribution is -2.45. The van der Waals surface area contributed by atoms with Gasteiger partial charge in [0.25, 0.3) is 5.91 Å². The molecule has 3 rings (SSSR count). The molecule has 1 aliphatic rings. The van der Waals surface area contributed by atoms with Crippen molar-refractivity contribution >= 4 is 15.7 Å². The minimum absolute atomic E-state index is 0.111. The maximum absolute atomic E-state index is 12.8. The molecule has 1 aliphatic heterocycles. The van der Waals surface area contributed by atoms with E-state index in [0.717, 1.165) is 5.56 Å². The summed E-state index contributed by atoms with van der Waals surface area (Å²) in [5.41, 5.74) is 0.874. The summed E-state index contributed by atoms with van der Waals surface area (Å²) in [5.74, 6) is -0.980. The Morgan fingerprint density at radius 2 is 1.88 bits per heavy atom. The van der Waals surface area contributed by atoms with Crippen LogP contribution in [0.3, 0.4) is 0 Å². The predicted octanol–water partition coefficient (Wildman–Crippen LogP) is 1.72. The minimum atomic E-state index is -3.55. The van der Waals surface area contributed by atoms with Crippen LogP contribution in [0.1, 0.15) is 5.56 Å². The number of ether oxygens (including phenoxy) is 1. The second-order valence-electron chi connectivity index (χ2n) is 5.50. The number of carbonyl (C=O) groups is 1. The second-order valence-corrected chi connectivity index (χ2v) is 7.50. The number of fused-ring (bicyclic) bond motifs is 1. The van der Waals surface area contributed by atoms with Gasteiger partial charge in [0.15, 0.2) is 15.9 Å². The molecule has 0 aromatic heterocycles. The standard InChI is InChI=1S/C17H16FNO4S/c18-13-7-5-12(6-8-13)9-10-19-17(20)15-11-24(21,22)16-4-2-1-3-14(16)23-15/h1-8,15H,9-11H2,(H,19,20). The summed E-state index contributed by atoms with van der Waals surface area (Å²) in [7, 11) is -3.55. The molecule has 1 atom stereocenters. The molecule has 0 spiro atoms. The smallest absolute Gasteiger partial charge is 0.262 e. The normalized spacial score (nSPS) is 18.3. The third-order valence-electron chi connectivity index (χ3n) is 3.74. The fourth-order valence-electron chi connectivity index (χ4n) is 2.50. The first-order chi connectivity index (χ1) is 11.5. The van der Waals surface area contributed by atoms with Crippen molar-refractivity contribution in [1.29, 1.82) is 0 Å². The Bertz CT molecular complexity index is 849. The average molecular weight is 349 g/mol. The maximum atomic E-state index is 12.8. The first-order valence-corrected chi connectivity index (χ1v) is 9.11. The lowest BCUT2D eigenvalue weighted by molar-refractivity contribution is -0.127. The van der Waals surface area contributed by atoms with E-state index in [4.69, 9.17) is 4.74 Å². The Hall–Kier alpha value is -2.41. The SMILES string of the molecule is O=C(NCCc1ccc(F)cc1)C1CS(=O)(=O)c2ccccc2O1. The van der Waals surface area contributed by atoms with Crippen LogP contribution in [-0.4, -0.2) is 32.7 Å². The number of sulfone groups is 1. The summed E-state index contributed by atoms with van der Waals surface area (Å²) >= 11 is 0. The molecule has 7 heteroatoms. The van der Waals surface area contributed by atoms with Crippen molar-refractivity contribution in [3.63, 3.8) is 0 Å². The number of benzene rings is 2. The van der Waals surface area contributed by atoms with Crippen LogP contribution in [0, 0.1) is 5.82 Å². The van der Waals surface area contributed by atoms with Gasteiger partial charge in [-0.25, -0.2) is 12.8 Å². The van der Waals surface area contributed by atoms with E-state index in [9.17, 15) is 17.6 Å². The molecule has 0 fully saturated rings. The molecule has 126 valence electrons. The zero-order valence-corrected chi connectivity index (χ0v) is 13.6. The highest BCUT2D eigenvalue weighted by atomic mass is 32.2. The topological polar surface area (TPSA) is 72.5 Å². The van der Waals surface area contributed by atoms with E-state index < -0.39 is 21.8 Å². The van der Waals surface area contributed by atoms with Gasteiger partial charge in [-0.1, -0.05) is 24.3 Å². The number of nitrogens with one attached hydrogen (secondary N) is 1. The van der Waals surface area contributed by atoms with Gasteiger partial charge in [0, 0.05) is 6.54 Å². The lowest BCUT2D eigenvalue weighted by atomic mass is 10.1. The van der Waals surface area contributed by atoms with Gasteiger partial charge in [0.1, 0.15) is 22.2 Å². The average Bonchev–Trinajstić information content (AvgIpc) is 2.56. The third-order valence-corrected chi connectivity index (χ3v) is 5.49. The van der Waals surface area contributed by atoms with E-state index in [0.29, 0.717) is 13.0 Å². The summed E-state index contributed by atoms with van der Waals surface area (Å²) in [4.78, 5) is 12.3. The van der Waals surface area contributed by atoms with Gasteiger partial charge in [-0.3, -0.25) is 4.79 Å². The van der Waals surface area contributed by atoms with Crippen LogP contribution in [-0.2, 0) is 21.1 Å². The van der Waals surface area contributed by atoms with Crippen molar-refractivity contribution in [2.75, 3.05) is 12.3 Å². The zero-order valence-electron chi connectivity index (χ0n) is 12.7. The molecule has 1 heterocycles. The highest BCUT2D eigenvalue weighted by Gasteiger charge is 2.35. The maximum Gasteiger partial charge on any atom is 0.262 e. The molecular weight excluding hydrogens is 333 g/mol. The first-order valence-electron chi connectivity index (χ1n) is 7.46. The van der Waals surface area contributed by atoms with Crippen molar-refractivity contribution in [2.24, 2.45) is 0 Å². The molecule has 24 heavy (non-hydrogen) atoms. The Balaban J connectivity index is 1.61. The molecule has 0 radical (unpaired) electrons. The number of amides is 1. The quantitative estimate of drug-likeness (QED) is 0.912. The van der Waals surface area contributed by atoms with Gasteiger partial charge >= 0.3 is 0 Å². The van der Waals surface area contributed by atoms with Crippen LogP contribution < -0.4 is 10.1 Å². The number of hydrogen-bond donors (Lipinski definition) is 1. The van der Waals surface area contributed by atoms with Crippen LogP contribution in [0.15, 0.2) is 53.4 Å². The molecular formula is C17H16FNO4S. The monoisotopic (exact) mass is 349 g/mol. The molecule has 5 nitrogen and oxygen atoms in total. The van der Waals surface area contributed by atoms with Gasteiger partial charge < -0.3 is 10.1 Å². The molecule has 1 amide bonds. The number of rotatable bonds is 4. The van der Waals surface area contributed by atoms with Gasteiger partial charge in [0.2, 0.25) is 0 Å². The Morgan fingerprint density at radius 1 is 1.17 bits per heavy atom. The molecule has 0 saturated carbocycles. The van der Waals surface area contributed by atoms with E-state index >= 15 is 0 Å². The summed E-state index contributed by atoms with van der Waals surface area (Å²) in [6.07, 6.45) is -0.555. The van der Waals surface area contributed by atoms with Crippen LogP contribution in [0.2, 0.25) is 0 Å². The molecule has 2 aromatic carbocycles. The Labute approximate surface area is 139 Å². The first kappa shape index (κ1) is 16.4. The molecule has 0 aliphatic carbocycles. The number of halogens is 1. The van der Waals surface area contributed by atoms with Crippen LogP contribution in [0.5, 0.6) is 5.75 Å². The van der Waals surface area contributed by atoms with E-state index in [2.05, 4.69) is 5.32 Å². The molecule has 0 saturated heterocycles. The van der Waals surface area contributed by atoms with Crippen molar-refractivity contribution in [1.82, 2.24) is 5.32 Å². The fraction of sp³-hybridized carbons (Fsp3) is 0.235. The highest BCUT2D eigenvalue weighted by Crippen LogP contribution is 2.30. The fourth-order valence-corrected chi connectivity index (χ4v) is 4.01. The number of hydrogen-bond acceptors (Lipinski definition) is 4. The highest BCUT2D eigenvalue weighted by molar-refractivity contribution is 7.91. The van der Waals surface area contributed by atoms with E-state index in [1.54, 1.807) is 24.3 Å². The van der Waals surface area contributed by atoms with Gasteiger partial charge in [-0.15, -0.1) is 0 Å². The van der Waals surface area contributed by atoms with E-state index in [1.165, 1.54) is 24.3 Å². The second kappa shape index (κ2) is 6.60. The predicted molar refractivity (Wildman–Crippen MR) is 86.0 cm³/mol. The summed E-state index contributed by atoms with van der Waals surface area (Å²) in [6, 6.07) is 12.2. The number of para-hydroxylation sites is 1. The molecule has 2 aromatic rings. The molecule has 1 unspecified atom stereocenters. The summed E-state index contributed by atoms with van der Waals surface area (Å²) < 4.78 is 42.8. The summed E-state index contributed by atoms with van der Waals surface area (Å²) in [6.45, 7) is 0.312. The van der Waals surface area contributed by atoms with Gasteiger partial charge in [0.05, 0.1) is 0 Å². The van der Waals surface area contributed by atoms with Crippen LogP contribution in [0.4, 0.5) is 4.39 Å². The lowest BCUT2D eigenvalue weighted by Gasteiger charge is -2.25. The van der Waals surface area contributed by atoms with E-state index in [1.807, 2.05) is 0 Å². The molecule has 1 N–H and O–H groups in total. The molecule has 0 bridgehead atoms. The summed E-state index contributed by atoms with van der Waals surface area (Å²) in [5, 5.41) is 2.66. The largest absolute Gasteiger partial charge is 0.478 e.